The fourth-order valence-electron chi connectivity index (χ4n) is 1.13. The minimum absolute atomic E-state index is 0.0370. The molecule has 0 aromatic heterocycles. The average Bonchev–Trinajstić information content (AvgIpc) is 2.27. The van der Waals surface area contributed by atoms with Crippen molar-refractivity contribution in [2.75, 3.05) is 7.11 Å². The number of rotatable bonds is 4. The smallest absolute Gasteiger partial charge is 0.387 e. The molecule has 0 spiro atoms. The lowest BCUT2D eigenvalue weighted by molar-refractivity contribution is -0.139. The molecular weight excluding hydrogens is 321 g/mol. The van der Waals surface area contributed by atoms with Crippen molar-refractivity contribution in [3.8, 4) is 5.75 Å². The van der Waals surface area contributed by atoms with Gasteiger partial charge in [0.05, 0.1) is 23.0 Å². The second kappa shape index (κ2) is 6.16. The Labute approximate surface area is 110 Å². The van der Waals surface area contributed by atoms with Crippen molar-refractivity contribution in [1.29, 1.82) is 0 Å². The minimum Gasteiger partial charge on any atom is -0.469 e. The number of carbonyl (C=O) groups excluding carboxylic acids is 1. The van der Waals surface area contributed by atoms with Crippen molar-refractivity contribution in [3.63, 3.8) is 0 Å². The van der Waals surface area contributed by atoms with Crippen molar-refractivity contribution in [3.05, 3.63) is 27.2 Å². The SMILES string of the molecule is COC(=O)Cc1ccc(Br)c(OC(F)F)c1Cl. The zero-order chi connectivity index (χ0) is 13.0. The van der Waals surface area contributed by atoms with Gasteiger partial charge in [0.1, 0.15) is 0 Å². The van der Waals surface area contributed by atoms with Crippen molar-refractivity contribution in [2.45, 2.75) is 13.0 Å². The van der Waals surface area contributed by atoms with E-state index in [4.69, 9.17) is 11.6 Å². The van der Waals surface area contributed by atoms with E-state index in [1.807, 2.05) is 0 Å². The van der Waals surface area contributed by atoms with Crippen LogP contribution in [0, 0.1) is 0 Å². The predicted octanol–water partition coefficient (Wildman–Crippen LogP) is 3.42. The van der Waals surface area contributed by atoms with Gasteiger partial charge in [-0.05, 0) is 27.6 Å². The molecule has 0 saturated carbocycles. The highest BCUT2D eigenvalue weighted by atomic mass is 79.9. The first-order valence-corrected chi connectivity index (χ1v) is 5.61. The van der Waals surface area contributed by atoms with Crippen LogP contribution < -0.4 is 4.74 Å². The van der Waals surface area contributed by atoms with Crippen LogP contribution in [-0.2, 0) is 16.0 Å². The molecule has 0 aliphatic rings. The number of halogens is 4. The summed E-state index contributed by atoms with van der Waals surface area (Å²) in [6.45, 7) is -2.99. The molecule has 1 aromatic rings. The van der Waals surface area contributed by atoms with E-state index in [1.54, 1.807) is 0 Å². The van der Waals surface area contributed by atoms with Crippen LogP contribution in [0.3, 0.4) is 0 Å². The number of esters is 1. The van der Waals surface area contributed by atoms with Gasteiger partial charge in [0.15, 0.2) is 5.75 Å². The fourth-order valence-corrected chi connectivity index (χ4v) is 1.95. The molecule has 0 radical (unpaired) electrons. The third-order valence-electron chi connectivity index (χ3n) is 1.90. The van der Waals surface area contributed by atoms with Gasteiger partial charge in [0.25, 0.3) is 0 Å². The molecule has 7 heteroatoms. The maximum Gasteiger partial charge on any atom is 0.387 e. The molecule has 0 heterocycles. The lowest BCUT2D eigenvalue weighted by Gasteiger charge is -2.11. The molecule has 0 fully saturated rings. The normalized spacial score (nSPS) is 10.5. The molecular formula is C10H8BrClF2O3. The number of benzene rings is 1. The Bertz CT molecular complexity index is 426. The number of alkyl halides is 2. The summed E-state index contributed by atoms with van der Waals surface area (Å²) in [5.41, 5.74) is 0.359. The second-order valence-electron chi connectivity index (χ2n) is 2.98. The minimum atomic E-state index is -2.99. The maximum absolute atomic E-state index is 12.1. The Balaban J connectivity index is 3.05. The largest absolute Gasteiger partial charge is 0.469 e. The highest BCUT2D eigenvalue weighted by Gasteiger charge is 2.17. The summed E-state index contributed by atoms with van der Waals surface area (Å²) in [5.74, 6) is -0.708. The Morgan fingerprint density at radius 1 is 1.53 bits per heavy atom. The standard InChI is InChI=1S/C10H8BrClF2O3/c1-16-7(15)4-5-2-3-6(11)9(8(5)12)17-10(13)14/h2-3,10H,4H2,1H3. The van der Waals surface area contributed by atoms with E-state index >= 15 is 0 Å². The molecule has 0 aliphatic carbocycles. The van der Waals surface area contributed by atoms with Crippen LogP contribution in [0.25, 0.3) is 0 Å². The van der Waals surface area contributed by atoms with E-state index in [9.17, 15) is 13.6 Å². The summed E-state index contributed by atoms with van der Waals surface area (Å²) in [4.78, 5) is 11.1. The highest BCUT2D eigenvalue weighted by Crippen LogP contribution is 2.37. The van der Waals surface area contributed by atoms with Crippen LogP contribution in [0.4, 0.5) is 8.78 Å². The van der Waals surface area contributed by atoms with E-state index in [1.165, 1.54) is 19.2 Å². The van der Waals surface area contributed by atoms with Gasteiger partial charge in [-0.2, -0.15) is 8.78 Å². The molecule has 17 heavy (non-hydrogen) atoms. The van der Waals surface area contributed by atoms with Gasteiger partial charge < -0.3 is 9.47 Å². The molecule has 0 amide bonds. The second-order valence-corrected chi connectivity index (χ2v) is 4.21. The Morgan fingerprint density at radius 3 is 2.71 bits per heavy atom. The summed E-state index contributed by atoms with van der Waals surface area (Å²) in [6.07, 6.45) is -0.109. The third-order valence-corrected chi connectivity index (χ3v) is 2.94. The van der Waals surface area contributed by atoms with Crippen molar-refractivity contribution >= 4 is 33.5 Å². The molecule has 0 saturated heterocycles. The lowest BCUT2D eigenvalue weighted by Crippen LogP contribution is -2.07. The number of methoxy groups -OCH3 is 1. The van der Waals surface area contributed by atoms with Crippen LogP contribution in [0.2, 0.25) is 5.02 Å². The van der Waals surface area contributed by atoms with E-state index < -0.39 is 12.6 Å². The monoisotopic (exact) mass is 328 g/mol. The topological polar surface area (TPSA) is 35.5 Å². The molecule has 0 atom stereocenters. The Morgan fingerprint density at radius 2 is 2.18 bits per heavy atom. The van der Waals surface area contributed by atoms with Crippen LogP contribution in [0.1, 0.15) is 5.56 Å². The van der Waals surface area contributed by atoms with Crippen LogP contribution >= 0.6 is 27.5 Å². The Kier molecular flexibility index (Phi) is 5.14. The number of carbonyl (C=O) groups is 1. The summed E-state index contributed by atoms with van der Waals surface area (Å²) in [7, 11) is 1.23. The molecule has 1 aromatic carbocycles. The van der Waals surface area contributed by atoms with E-state index in [0.29, 0.717) is 5.56 Å². The van der Waals surface area contributed by atoms with E-state index in [0.717, 1.165) is 0 Å². The number of hydrogen-bond acceptors (Lipinski definition) is 3. The van der Waals surface area contributed by atoms with E-state index in [2.05, 4.69) is 25.4 Å². The molecule has 0 unspecified atom stereocenters. The highest BCUT2D eigenvalue weighted by molar-refractivity contribution is 9.10. The summed E-state index contributed by atoms with van der Waals surface area (Å²) < 4.78 is 33.3. The molecule has 3 nitrogen and oxygen atoms in total. The van der Waals surface area contributed by atoms with Gasteiger partial charge in [0, 0.05) is 0 Å². The molecule has 0 bridgehead atoms. The van der Waals surface area contributed by atoms with Crippen LogP contribution in [0.15, 0.2) is 16.6 Å². The quantitative estimate of drug-likeness (QED) is 0.794. The zero-order valence-corrected chi connectivity index (χ0v) is 11.0. The fraction of sp³-hybridized carbons (Fsp3) is 0.300. The van der Waals surface area contributed by atoms with Gasteiger partial charge in [0.2, 0.25) is 0 Å². The summed E-state index contributed by atoms with van der Waals surface area (Å²) in [6, 6.07) is 3.00. The lowest BCUT2D eigenvalue weighted by atomic mass is 10.1. The van der Waals surface area contributed by atoms with Gasteiger partial charge >= 0.3 is 12.6 Å². The van der Waals surface area contributed by atoms with E-state index in [-0.39, 0.29) is 21.7 Å². The molecule has 0 aliphatic heterocycles. The molecule has 1 rings (SSSR count). The van der Waals surface area contributed by atoms with Gasteiger partial charge in [-0.1, -0.05) is 17.7 Å². The molecule has 0 N–H and O–H groups in total. The van der Waals surface area contributed by atoms with Crippen molar-refractivity contribution in [1.82, 2.24) is 0 Å². The van der Waals surface area contributed by atoms with Crippen LogP contribution in [0.5, 0.6) is 5.75 Å². The van der Waals surface area contributed by atoms with Gasteiger partial charge in [-0.3, -0.25) is 4.79 Å². The number of ether oxygens (including phenoxy) is 2. The third kappa shape index (κ3) is 3.81. The molecule has 94 valence electrons. The zero-order valence-electron chi connectivity index (χ0n) is 8.68. The van der Waals surface area contributed by atoms with Crippen molar-refractivity contribution in [2.24, 2.45) is 0 Å². The Hall–Kier alpha value is -0.880. The van der Waals surface area contributed by atoms with Crippen LogP contribution in [-0.4, -0.2) is 19.7 Å². The summed E-state index contributed by atoms with van der Waals surface area (Å²) in [5, 5.41) is -0.0370. The van der Waals surface area contributed by atoms with Gasteiger partial charge in [-0.25, -0.2) is 0 Å². The maximum atomic E-state index is 12.1. The first kappa shape index (κ1) is 14.2. The summed E-state index contributed by atoms with van der Waals surface area (Å²) >= 11 is 8.90. The predicted molar refractivity (Wildman–Crippen MR) is 61.5 cm³/mol. The van der Waals surface area contributed by atoms with Gasteiger partial charge in [-0.15, -0.1) is 0 Å². The first-order chi connectivity index (χ1) is 7.95. The first-order valence-electron chi connectivity index (χ1n) is 4.44. The van der Waals surface area contributed by atoms with Crippen molar-refractivity contribution < 1.29 is 23.0 Å². The average molecular weight is 330 g/mol. The number of hydrogen-bond donors (Lipinski definition) is 0.